The number of nitrogens with zero attached hydrogens (tertiary/aromatic N) is 2. The summed E-state index contributed by atoms with van der Waals surface area (Å²) in [5.74, 6) is -0.000529. The highest BCUT2D eigenvalue weighted by Gasteiger charge is 2.59. The molecule has 6 atom stereocenters. The molecule has 1 aromatic rings. The Bertz CT molecular complexity index is 919. The van der Waals surface area contributed by atoms with E-state index in [1.54, 1.807) is 0 Å². The summed E-state index contributed by atoms with van der Waals surface area (Å²) in [4.78, 5) is 17.8. The van der Waals surface area contributed by atoms with Crippen molar-refractivity contribution < 1.29 is 14.6 Å². The zero-order chi connectivity index (χ0) is 22.6. The van der Waals surface area contributed by atoms with E-state index in [1.807, 2.05) is 0 Å². The molecule has 1 saturated carbocycles. The van der Waals surface area contributed by atoms with E-state index < -0.39 is 6.10 Å². The number of fused-ring (bicyclic) bond motifs is 2. The molecule has 1 aromatic carbocycles. The van der Waals surface area contributed by atoms with Crippen LogP contribution in [-0.2, 0) is 9.53 Å². The summed E-state index contributed by atoms with van der Waals surface area (Å²) >= 11 is 0. The Balaban J connectivity index is 1.28. The molecule has 5 rings (SSSR count). The van der Waals surface area contributed by atoms with Gasteiger partial charge in [0, 0.05) is 56.2 Å². The molecule has 0 unspecified atom stereocenters. The monoisotopic (exact) mass is 438 g/mol. The van der Waals surface area contributed by atoms with Crippen molar-refractivity contribution in [2.75, 3.05) is 37.6 Å². The molecule has 2 aliphatic heterocycles. The van der Waals surface area contributed by atoms with Crippen LogP contribution < -0.4 is 4.90 Å². The summed E-state index contributed by atoms with van der Waals surface area (Å²) < 4.78 is 5.86. The van der Waals surface area contributed by atoms with E-state index in [0.717, 1.165) is 45.4 Å². The number of hydrogen-bond donors (Lipinski definition) is 1. The third kappa shape index (κ3) is 3.40. The highest BCUT2D eigenvalue weighted by atomic mass is 16.6. The van der Waals surface area contributed by atoms with Crippen LogP contribution in [0.2, 0.25) is 0 Å². The summed E-state index contributed by atoms with van der Waals surface area (Å²) in [6.45, 7) is 13.3. The van der Waals surface area contributed by atoms with Gasteiger partial charge >= 0.3 is 5.97 Å². The van der Waals surface area contributed by atoms with Crippen LogP contribution in [0.15, 0.2) is 29.8 Å². The van der Waals surface area contributed by atoms with Crippen LogP contribution in [0.1, 0.15) is 44.2 Å². The van der Waals surface area contributed by atoms with E-state index in [9.17, 15) is 9.90 Å². The number of rotatable bonds is 3. The fraction of sp³-hybridized carbons (Fsp3) is 0.667. The van der Waals surface area contributed by atoms with Crippen LogP contribution >= 0.6 is 0 Å². The van der Waals surface area contributed by atoms with Gasteiger partial charge in [-0.15, -0.1) is 0 Å². The second-order valence-electron chi connectivity index (χ2n) is 10.8. The van der Waals surface area contributed by atoms with Gasteiger partial charge in [0.05, 0.1) is 12.0 Å². The summed E-state index contributed by atoms with van der Waals surface area (Å²) in [6.07, 6.45) is 4.59. The summed E-state index contributed by atoms with van der Waals surface area (Å²) in [5, 5.41) is 11.6. The molecule has 0 aromatic heterocycles. The molecular weight excluding hydrogens is 400 g/mol. The predicted octanol–water partition coefficient (Wildman–Crippen LogP) is 3.71. The van der Waals surface area contributed by atoms with Crippen LogP contribution in [0.4, 0.5) is 5.69 Å². The Morgan fingerprint density at radius 2 is 1.94 bits per heavy atom. The number of ether oxygens (including phenoxy) is 1. The van der Waals surface area contributed by atoms with Crippen molar-refractivity contribution in [3.05, 3.63) is 41.0 Å². The van der Waals surface area contributed by atoms with E-state index in [0.29, 0.717) is 12.5 Å². The topological polar surface area (TPSA) is 53.0 Å². The Kier molecular flexibility index (Phi) is 5.61. The molecule has 32 heavy (non-hydrogen) atoms. The molecule has 174 valence electrons. The molecule has 5 nitrogen and oxygen atoms in total. The molecule has 4 aliphatic rings. The first-order chi connectivity index (χ1) is 15.3. The Hall–Kier alpha value is -1.85. The van der Waals surface area contributed by atoms with Gasteiger partial charge in [0.15, 0.2) is 0 Å². The molecule has 3 fully saturated rings. The van der Waals surface area contributed by atoms with Crippen LogP contribution in [-0.4, -0.2) is 60.9 Å². The minimum absolute atomic E-state index is 0.0951. The van der Waals surface area contributed by atoms with Crippen molar-refractivity contribution in [1.29, 1.82) is 0 Å². The normalized spacial score (nSPS) is 37.5. The number of esters is 1. The minimum atomic E-state index is -0.518. The first kappa shape index (κ1) is 22.0. The summed E-state index contributed by atoms with van der Waals surface area (Å²) in [5.41, 5.74) is 5.08. The van der Waals surface area contributed by atoms with Gasteiger partial charge in [-0.05, 0) is 49.8 Å². The number of aliphatic hydroxyl groups is 1. The second-order valence-corrected chi connectivity index (χ2v) is 10.8. The molecule has 1 N–H and O–H groups in total. The largest absolute Gasteiger partial charge is 0.461 e. The smallest absolute Gasteiger partial charge is 0.311 e. The van der Waals surface area contributed by atoms with Gasteiger partial charge < -0.3 is 14.7 Å². The number of piperazine rings is 1. The molecule has 2 saturated heterocycles. The first-order valence-electron chi connectivity index (χ1n) is 12.4. The number of allylic oxidation sites excluding steroid dienone is 1. The van der Waals surface area contributed by atoms with Gasteiger partial charge in [-0.3, -0.25) is 9.69 Å². The van der Waals surface area contributed by atoms with Gasteiger partial charge in [-0.25, -0.2) is 0 Å². The third-order valence-corrected chi connectivity index (χ3v) is 9.31. The van der Waals surface area contributed by atoms with Crippen LogP contribution in [0, 0.1) is 37.0 Å². The van der Waals surface area contributed by atoms with Crippen molar-refractivity contribution in [3.8, 4) is 0 Å². The number of aryl methyl sites for hydroxylation is 1. The Morgan fingerprint density at radius 1 is 1.19 bits per heavy atom. The van der Waals surface area contributed by atoms with E-state index in [2.05, 4.69) is 61.8 Å². The van der Waals surface area contributed by atoms with E-state index in [-0.39, 0.29) is 29.3 Å². The van der Waals surface area contributed by atoms with Crippen LogP contribution in [0.25, 0.3) is 0 Å². The van der Waals surface area contributed by atoms with Crippen molar-refractivity contribution in [2.45, 2.75) is 59.2 Å². The van der Waals surface area contributed by atoms with Gasteiger partial charge in [-0.2, -0.15) is 0 Å². The average Bonchev–Trinajstić information content (AvgIpc) is 3.08. The molecule has 2 aliphatic carbocycles. The third-order valence-electron chi connectivity index (χ3n) is 9.31. The van der Waals surface area contributed by atoms with Crippen molar-refractivity contribution in [3.63, 3.8) is 0 Å². The maximum atomic E-state index is 12.9. The fourth-order valence-corrected chi connectivity index (χ4v) is 6.80. The fourth-order valence-electron chi connectivity index (χ4n) is 6.80. The maximum absolute atomic E-state index is 12.9. The quantitative estimate of drug-likeness (QED) is 0.576. The maximum Gasteiger partial charge on any atom is 0.311 e. The number of anilines is 1. The average molecular weight is 439 g/mol. The second kappa shape index (κ2) is 8.18. The molecular formula is C27H38N2O3. The number of benzene rings is 1. The zero-order valence-electron chi connectivity index (χ0n) is 20.0. The SMILES string of the molecule is Cc1cccc(N2CCN(C[C@H]3C(=O)O[C@@H]4CC5=CCC[C@H](C)[C@@]5(C)[C@@H](O)[C@@H]43)CC2)c1C. The summed E-state index contributed by atoms with van der Waals surface area (Å²) in [6, 6.07) is 6.52. The Labute approximate surface area is 192 Å². The van der Waals surface area contributed by atoms with Gasteiger partial charge in [0.25, 0.3) is 0 Å². The molecule has 0 amide bonds. The highest BCUT2D eigenvalue weighted by Crippen LogP contribution is 2.56. The lowest BCUT2D eigenvalue weighted by atomic mass is 9.55. The molecule has 0 spiro atoms. The number of carbonyl (C=O) groups is 1. The number of aliphatic hydroxyl groups excluding tert-OH is 1. The molecule has 0 radical (unpaired) electrons. The van der Waals surface area contributed by atoms with Crippen molar-refractivity contribution in [2.24, 2.45) is 23.2 Å². The van der Waals surface area contributed by atoms with Gasteiger partial charge in [0.1, 0.15) is 6.10 Å². The summed E-state index contributed by atoms with van der Waals surface area (Å²) in [7, 11) is 0. The van der Waals surface area contributed by atoms with Gasteiger partial charge in [-0.1, -0.05) is 37.6 Å². The van der Waals surface area contributed by atoms with E-state index >= 15 is 0 Å². The van der Waals surface area contributed by atoms with Crippen molar-refractivity contribution >= 4 is 11.7 Å². The lowest BCUT2D eigenvalue weighted by molar-refractivity contribution is -0.145. The minimum Gasteiger partial charge on any atom is -0.461 e. The first-order valence-corrected chi connectivity index (χ1v) is 12.4. The standard InChI is InChI=1S/C27H38N2O3/c1-17-7-5-10-22(19(17)3)29-13-11-28(12-14-29)16-21-24-23(32-26(21)31)15-20-9-6-8-18(2)27(20,4)25(24)30/h5,7,9-10,18,21,23-25,30H,6,8,11-16H2,1-4H3/t18-,21+,23+,24+,25-,27+/m0/s1. The lowest BCUT2D eigenvalue weighted by Crippen LogP contribution is -2.55. The van der Waals surface area contributed by atoms with Crippen molar-refractivity contribution in [1.82, 2.24) is 4.90 Å². The number of hydrogen-bond acceptors (Lipinski definition) is 5. The van der Waals surface area contributed by atoms with Gasteiger partial charge in [0.2, 0.25) is 0 Å². The zero-order valence-corrected chi connectivity index (χ0v) is 20.0. The van der Waals surface area contributed by atoms with E-state index in [1.165, 1.54) is 22.4 Å². The molecule has 2 heterocycles. The molecule has 0 bridgehead atoms. The van der Waals surface area contributed by atoms with Crippen LogP contribution in [0.5, 0.6) is 0 Å². The Morgan fingerprint density at radius 3 is 2.69 bits per heavy atom. The molecule has 5 heteroatoms. The number of carbonyl (C=O) groups excluding carboxylic acids is 1. The predicted molar refractivity (Wildman–Crippen MR) is 127 cm³/mol. The lowest BCUT2D eigenvalue weighted by Gasteiger charge is -2.52. The highest BCUT2D eigenvalue weighted by molar-refractivity contribution is 5.76. The van der Waals surface area contributed by atoms with Crippen LogP contribution in [0.3, 0.4) is 0 Å². The van der Waals surface area contributed by atoms with E-state index in [4.69, 9.17) is 4.74 Å².